The van der Waals surface area contributed by atoms with Crippen LogP contribution in [0.3, 0.4) is 0 Å². The van der Waals surface area contributed by atoms with Crippen molar-refractivity contribution in [3.8, 4) is 39.4 Å². The van der Waals surface area contributed by atoms with Crippen LogP contribution >= 0.6 is 23.2 Å². The summed E-state index contributed by atoms with van der Waals surface area (Å²) in [6.45, 7) is 2.28. The monoisotopic (exact) mass is 739 g/mol. The Morgan fingerprint density at radius 2 is 1.50 bits per heavy atom. The number of aromatic nitrogens is 3. The minimum Gasteiger partial charge on any atom is -0.481 e. The molecule has 7 rings (SSSR count). The van der Waals surface area contributed by atoms with Gasteiger partial charge >= 0.3 is 0 Å². The molecular weight excluding hydrogens is 701 g/mol. The van der Waals surface area contributed by atoms with Crippen LogP contribution < -0.4 is 31.6 Å². The number of methoxy groups -OCH3 is 1. The van der Waals surface area contributed by atoms with E-state index in [1.165, 1.54) is 4.40 Å². The van der Waals surface area contributed by atoms with Crippen molar-refractivity contribution in [2.45, 2.75) is 57.3 Å². The van der Waals surface area contributed by atoms with Gasteiger partial charge in [0.25, 0.3) is 5.56 Å². The molecule has 2 amide bonds. The first-order valence-corrected chi connectivity index (χ1v) is 18.2. The molecule has 4 N–H and O–H groups in total. The molecule has 52 heavy (non-hydrogen) atoms. The van der Waals surface area contributed by atoms with Crippen molar-refractivity contribution in [3.05, 3.63) is 105 Å². The van der Waals surface area contributed by atoms with E-state index < -0.39 is 0 Å². The van der Waals surface area contributed by atoms with Crippen molar-refractivity contribution in [3.63, 3.8) is 0 Å². The minimum atomic E-state index is -0.143. The van der Waals surface area contributed by atoms with Crippen molar-refractivity contribution in [2.75, 3.05) is 20.2 Å². The molecule has 0 saturated carbocycles. The van der Waals surface area contributed by atoms with E-state index in [0.29, 0.717) is 71.9 Å². The number of rotatable bonds is 13. The van der Waals surface area contributed by atoms with Gasteiger partial charge in [0.15, 0.2) is 0 Å². The number of fused-ring (bicyclic) bond motifs is 1. The van der Waals surface area contributed by atoms with Crippen LogP contribution in [-0.4, -0.2) is 58.5 Å². The van der Waals surface area contributed by atoms with Crippen molar-refractivity contribution < 1.29 is 14.3 Å². The van der Waals surface area contributed by atoms with Crippen LogP contribution in [0, 0.1) is 0 Å². The summed E-state index contributed by atoms with van der Waals surface area (Å²) in [5, 5.41) is 13.6. The molecule has 2 saturated heterocycles. The van der Waals surface area contributed by atoms with Gasteiger partial charge in [0, 0.05) is 90.3 Å². The summed E-state index contributed by atoms with van der Waals surface area (Å²) in [6.07, 6.45) is 6.96. The maximum absolute atomic E-state index is 13.3. The molecule has 0 radical (unpaired) electrons. The van der Waals surface area contributed by atoms with E-state index in [1.54, 1.807) is 19.5 Å². The van der Waals surface area contributed by atoms with Crippen LogP contribution in [0.2, 0.25) is 10.0 Å². The minimum absolute atomic E-state index is 0.0926. The molecule has 2 aliphatic rings. The van der Waals surface area contributed by atoms with Gasteiger partial charge in [0.05, 0.1) is 22.8 Å². The van der Waals surface area contributed by atoms with Gasteiger partial charge in [-0.3, -0.25) is 18.8 Å². The Bertz CT molecular complexity index is 2210. The normalized spacial score (nSPS) is 17.1. The predicted octanol–water partition coefficient (Wildman–Crippen LogP) is 5.53. The van der Waals surface area contributed by atoms with Crippen LogP contribution in [0.1, 0.15) is 43.2 Å². The third-order valence-electron chi connectivity index (χ3n) is 9.65. The van der Waals surface area contributed by atoms with Crippen molar-refractivity contribution >= 4 is 40.7 Å². The SMILES string of the molecule is COc1nc(-c2cccc(-c3cccc(-c4ccn5c(=O)c(CNCC[C@H]6CCC(=O)N6)cnc5c4)c3Cl)c2Cl)ccc1CNC[C@@H]1CCC(=O)N1. The lowest BCUT2D eigenvalue weighted by Gasteiger charge is -2.16. The summed E-state index contributed by atoms with van der Waals surface area (Å²) in [6, 6.07) is 19.5. The van der Waals surface area contributed by atoms with Gasteiger partial charge in [-0.2, -0.15) is 0 Å². The van der Waals surface area contributed by atoms with Gasteiger partial charge in [-0.25, -0.2) is 9.97 Å². The van der Waals surface area contributed by atoms with Crippen molar-refractivity contribution in [1.29, 1.82) is 0 Å². The summed E-state index contributed by atoms with van der Waals surface area (Å²) in [7, 11) is 1.59. The molecule has 0 unspecified atom stereocenters. The van der Waals surface area contributed by atoms with Crippen molar-refractivity contribution in [2.24, 2.45) is 0 Å². The third kappa shape index (κ3) is 7.68. The molecule has 5 heterocycles. The van der Waals surface area contributed by atoms with E-state index in [-0.39, 0.29) is 29.5 Å². The van der Waals surface area contributed by atoms with E-state index in [1.807, 2.05) is 60.7 Å². The molecule has 5 aromatic rings. The highest BCUT2D eigenvalue weighted by Crippen LogP contribution is 2.42. The van der Waals surface area contributed by atoms with Crippen LogP contribution in [0.4, 0.5) is 0 Å². The summed E-state index contributed by atoms with van der Waals surface area (Å²) in [5.74, 6) is 0.683. The van der Waals surface area contributed by atoms with Crippen LogP contribution in [0.15, 0.2) is 77.9 Å². The largest absolute Gasteiger partial charge is 0.481 e. The standard InChI is InChI=1S/C39H39Cl2N7O4/c1-52-38-24(19-43-22-27-10-13-35(50)46-27)8-11-32(47-38)31-7-3-6-30(37(31)41)29-5-2-4-28(36(29)40)23-15-17-48-33(18-23)44-21-25(39(48)51)20-42-16-14-26-9-12-34(49)45-26/h2-8,11,15,17-18,21,26-27,42-43H,9-10,12-14,16,19-20,22H2,1H3,(H,45,49)(H,46,50)/t26-,27+/m1/s1. The topological polar surface area (TPSA) is 139 Å². The van der Waals surface area contributed by atoms with E-state index in [2.05, 4.69) is 26.3 Å². The highest BCUT2D eigenvalue weighted by atomic mass is 35.5. The molecule has 0 spiro atoms. The summed E-state index contributed by atoms with van der Waals surface area (Å²) in [5.41, 5.74) is 6.29. The number of hydrogen-bond donors (Lipinski definition) is 4. The second-order valence-electron chi connectivity index (χ2n) is 13.1. The average molecular weight is 741 g/mol. The number of carbonyl (C=O) groups is 2. The van der Waals surface area contributed by atoms with Crippen molar-refractivity contribution in [1.82, 2.24) is 35.6 Å². The molecule has 11 nitrogen and oxygen atoms in total. The molecular formula is C39H39Cl2N7O4. The Morgan fingerprint density at radius 1 is 0.827 bits per heavy atom. The maximum Gasteiger partial charge on any atom is 0.262 e. The van der Waals surface area contributed by atoms with E-state index >= 15 is 0 Å². The number of nitrogens with zero attached hydrogens (tertiary/aromatic N) is 3. The lowest BCUT2D eigenvalue weighted by Crippen LogP contribution is -2.35. The smallest absolute Gasteiger partial charge is 0.262 e. The summed E-state index contributed by atoms with van der Waals surface area (Å²) < 4.78 is 7.18. The Labute approximate surface area is 311 Å². The van der Waals surface area contributed by atoms with Gasteiger partial charge in [0.2, 0.25) is 17.7 Å². The predicted molar refractivity (Wildman–Crippen MR) is 202 cm³/mol. The number of hydrogen-bond acceptors (Lipinski definition) is 8. The number of halogens is 2. The van der Waals surface area contributed by atoms with Gasteiger partial charge in [-0.15, -0.1) is 0 Å². The van der Waals surface area contributed by atoms with E-state index in [0.717, 1.165) is 52.6 Å². The Hall–Kier alpha value is -4.81. The highest BCUT2D eigenvalue weighted by Gasteiger charge is 2.22. The molecule has 0 bridgehead atoms. The Morgan fingerprint density at radius 3 is 2.21 bits per heavy atom. The first-order chi connectivity index (χ1) is 25.3. The molecule has 268 valence electrons. The summed E-state index contributed by atoms with van der Waals surface area (Å²) in [4.78, 5) is 45.6. The fraction of sp³-hybridized carbons (Fsp3) is 0.308. The lowest BCUT2D eigenvalue weighted by atomic mass is 9.97. The zero-order chi connectivity index (χ0) is 36.2. The van der Waals surface area contributed by atoms with Gasteiger partial charge in [-0.05, 0) is 49.6 Å². The number of pyridine rings is 2. The molecule has 2 fully saturated rings. The zero-order valence-corrected chi connectivity index (χ0v) is 30.2. The number of amides is 2. The summed E-state index contributed by atoms with van der Waals surface area (Å²) >= 11 is 14.2. The number of ether oxygens (including phenoxy) is 1. The first-order valence-electron chi connectivity index (χ1n) is 17.4. The van der Waals surface area contributed by atoms with Crippen LogP contribution in [-0.2, 0) is 22.7 Å². The average Bonchev–Trinajstić information content (AvgIpc) is 3.78. The maximum atomic E-state index is 13.3. The fourth-order valence-electron chi connectivity index (χ4n) is 6.84. The molecule has 0 aliphatic carbocycles. The molecule has 3 aromatic heterocycles. The zero-order valence-electron chi connectivity index (χ0n) is 28.7. The Balaban J connectivity index is 1.08. The van der Waals surface area contributed by atoms with Gasteiger partial charge in [-0.1, -0.05) is 65.7 Å². The number of benzene rings is 2. The second kappa shape index (κ2) is 15.8. The van der Waals surface area contributed by atoms with Crippen LogP contribution in [0.5, 0.6) is 5.88 Å². The van der Waals surface area contributed by atoms with Crippen LogP contribution in [0.25, 0.3) is 39.2 Å². The molecule has 13 heteroatoms. The molecule has 2 aromatic carbocycles. The van der Waals surface area contributed by atoms with Gasteiger partial charge < -0.3 is 26.0 Å². The lowest BCUT2D eigenvalue weighted by molar-refractivity contribution is -0.120. The van der Waals surface area contributed by atoms with Gasteiger partial charge in [0.1, 0.15) is 5.65 Å². The molecule has 2 aliphatic heterocycles. The van der Waals surface area contributed by atoms with E-state index in [9.17, 15) is 14.4 Å². The second-order valence-corrected chi connectivity index (χ2v) is 13.9. The molecule has 2 atom stereocenters. The number of carbonyl (C=O) groups excluding carboxylic acids is 2. The first kappa shape index (κ1) is 35.6. The Kier molecular flexibility index (Phi) is 10.8. The van der Waals surface area contributed by atoms with E-state index in [4.69, 9.17) is 32.9 Å². The highest BCUT2D eigenvalue weighted by molar-refractivity contribution is 6.39. The quantitative estimate of drug-likeness (QED) is 0.116. The number of nitrogens with one attached hydrogen (secondary N) is 4. The third-order valence-corrected chi connectivity index (χ3v) is 10.5. The fourth-order valence-corrected chi connectivity index (χ4v) is 7.50.